The van der Waals surface area contributed by atoms with Gasteiger partial charge >= 0.3 is 0 Å². The maximum absolute atomic E-state index is 12.7. The van der Waals surface area contributed by atoms with Gasteiger partial charge in [-0.05, 0) is 42.2 Å². The highest BCUT2D eigenvalue weighted by Crippen LogP contribution is 2.26. The number of sulfonamides is 1. The van der Waals surface area contributed by atoms with Crippen LogP contribution >= 0.6 is 11.8 Å². The SMILES string of the molecule is C[C@H](Sc1ccc(S(=O)(=O)N2CCOCC2)cn1)C(=O)Nc1ccc(C(C)(C)C)cc1. The Balaban J connectivity index is 1.59. The first-order valence-corrected chi connectivity index (χ1v) is 12.5. The Hall–Kier alpha value is -1.94. The van der Waals surface area contributed by atoms with Crippen molar-refractivity contribution >= 4 is 33.4 Å². The van der Waals surface area contributed by atoms with Crippen molar-refractivity contribution in [2.45, 2.75) is 48.3 Å². The van der Waals surface area contributed by atoms with Gasteiger partial charge in [0.2, 0.25) is 15.9 Å². The number of nitrogens with one attached hydrogen (secondary N) is 1. The van der Waals surface area contributed by atoms with Crippen LogP contribution in [0.4, 0.5) is 5.69 Å². The second kappa shape index (κ2) is 9.68. The lowest BCUT2D eigenvalue weighted by Crippen LogP contribution is -2.40. The number of thioether (sulfide) groups is 1. The minimum absolute atomic E-state index is 0.0543. The number of hydrogen-bond donors (Lipinski definition) is 1. The molecule has 1 amide bonds. The smallest absolute Gasteiger partial charge is 0.244 e. The molecule has 0 aliphatic carbocycles. The molecule has 3 rings (SSSR count). The van der Waals surface area contributed by atoms with Crippen LogP contribution in [0.25, 0.3) is 0 Å². The van der Waals surface area contributed by atoms with Crippen LogP contribution in [0.2, 0.25) is 0 Å². The van der Waals surface area contributed by atoms with E-state index in [1.54, 1.807) is 13.0 Å². The summed E-state index contributed by atoms with van der Waals surface area (Å²) in [6.45, 7) is 9.69. The molecule has 9 heteroatoms. The van der Waals surface area contributed by atoms with E-state index in [1.807, 2.05) is 24.3 Å². The summed E-state index contributed by atoms with van der Waals surface area (Å²) < 4.78 is 32.0. The summed E-state index contributed by atoms with van der Waals surface area (Å²) in [6, 6.07) is 11.0. The number of anilines is 1. The van der Waals surface area contributed by atoms with Gasteiger partial charge in [-0.25, -0.2) is 13.4 Å². The van der Waals surface area contributed by atoms with Crippen molar-refractivity contribution in [2.24, 2.45) is 0 Å². The van der Waals surface area contributed by atoms with Gasteiger partial charge in [-0.3, -0.25) is 4.79 Å². The molecule has 2 aromatic rings. The van der Waals surface area contributed by atoms with Crippen LogP contribution in [-0.2, 0) is 25.0 Å². The second-order valence-electron chi connectivity index (χ2n) is 8.43. The fourth-order valence-electron chi connectivity index (χ4n) is 3.06. The number of morpholine rings is 1. The summed E-state index contributed by atoms with van der Waals surface area (Å²) in [5.74, 6) is -0.139. The molecule has 1 N–H and O–H groups in total. The van der Waals surface area contributed by atoms with E-state index in [2.05, 4.69) is 31.1 Å². The molecule has 1 aromatic heterocycles. The number of carbonyl (C=O) groups excluding carboxylic acids is 1. The molecule has 0 bridgehead atoms. The van der Waals surface area contributed by atoms with Crippen LogP contribution in [0.3, 0.4) is 0 Å². The number of ether oxygens (including phenoxy) is 1. The zero-order valence-electron chi connectivity index (χ0n) is 18.3. The molecule has 1 aromatic carbocycles. The van der Waals surface area contributed by atoms with Gasteiger partial charge in [-0.15, -0.1) is 0 Å². The first kappa shape index (κ1) is 23.7. The Bertz CT molecular complexity index is 995. The molecule has 7 nitrogen and oxygen atoms in total. The summed E-state index contributed by atoms with van der Waals surface area (Å²) in [7, 11) is -3.58. The molecule has 1 fully saturated rings. The van der Waals surface area contributed by atoms with Gasteiger partial charge in [0, 0.05) is 25.0 Å². The molecular weight excluding hydrogens is 434 g/mol. The molecule has 1 aliphatic rings. The van der Waals surface area contributed by atoms with E-state index in [4.69, 9.17) is 4.74 Å². The number of nitrogens with zero attached hydrogens (tertiary/aromatic N) is 2. The summed E-state index contributed by atoms with van der Waals surface area (Å²) in [5, 5.41) is 3.11. The summed E-state index contributed by atoms with van der Waals surface area (Å²) in [6.07, 6.45) is 1.35. The molecule has 0 radical (unpaired) electrons. The molecule has 0 unspecified atom stereocenters. The van der Waals surface area contributed by atoms with E-state index in [0.29, 0.717) is 31.3 Å². The summed E-state index contributed by atoms with van der Waals surface area (Å²) in [5.41, 5.74) is 1.99. The lowest BCUT2D eigenvalue weighted by molar-refractivity contribution is -0.115. The van der Waals surface area contributed by atoms with Crippen molar-refractivity contribution in [3.05, 3.63) is 48.2 Å². The van der Waals surface area contributed by atoms with Gasteiger partial charge in [0.15, 0.2) is 0 Å². The van der Waals surface area contributed by atoms with Crippen molar-refractivity contribution in [3.63, 3.8) is 0 Å². The van der Waals surface area contributed by atoms with Gasteiger partial charge in [0.05, 0.1) is 23.5 Å². The lowest BCUT2D eigenvalue weighted by Gasteiger charge is -2.25. The molecular formula is C22H29N3O4S2. The molecule has 2 heterocycles. The maximum Gasteiger partial charge on any atom is 0.244 e. The minimum atomic E-state index is -3.58. The second-order valence-corrected chi connectivity index (χ2v) is 11.7. The third kappa shape index (κ3) is 6.06. The Labute approximate surface area is 188 Å². The van der Waals surface area contributed by atoms with E-state index in [9.17, 15) is 13.2 Å². The summed E-state index contributed by atoms with van der Waals surface area (Å²) >= 11 is 1.28. The van der Waals surface area contributed by atoms with Crippen LogP contribution in [0.5, 0.6) is 0 Å². The van der Waals surface area contributed by atoms with Crippen molar-refractivity contribution in [2.75, 3.05) is 31.6 Å². The van der Waals surface area contributed by atoms with E-state index < -0.39 is 15.3 Å². The number of amides is 1. The third-order valence-corrected chi connectivity index (χ3v) is 7.94. The predicted octanol–water partition coefficient (Wildman–Crippen LogP) is 3.52. The fourth-order valence-corrected chi connectivity index (χ4v) is 5.20. The highest BCUT2D eigenvalue weighted by molar-refractivity contribution is 8.00. The Kier molecular flexibility index (Phi) is 7.41. The first-order valence-electron chi connectivity index (χ1n) is 10.2. The molecule has 31 heavy (non-hydrogen) atoms. The van der Waals surface area contributed by atoms with Gasteiger partial charge in [0.1, 0.15) is 4.90 Å². The number of carbonyl (C=O) groups is 1. The topological polar surface area (TPSA) is 88.6 Å². The molecule has 168 valence electrons. The van der Waals surface area contributed by atoms with Gasteiger partial charge in [-0.2, -0.15) is 4.31 Å². The van der Waals surface area contributed by atoms with Crippen LogP contribution in [0.15, 0.2) is 52.5 Å². The lowest BCUT2D eigenvalue weighted by atomic mass is 9.87. The quantitative estimate of drug-likeness (QED) is 0.660. The van der Waals surface area contributed by atoms with Crippen LogP contribution in [0.1, 0.15) is 33.3 Å². The fraction of sp³-hybridized carbons (Fsp3) is 0.455. The largest absolute Gasteiger partial charge is 0.379 e. The number of rotatable bonds is 6. The number of benzene rings is 1. The number of hydrogen-bond acceptors (Lipinski definition) is 6. The Morgan fingerprint density at radius 3 is 2.32 bits per heavy atom. The van der Waals surface area contributed by atoms with Crippen molar-refractivity contribution < 1.29 is 17.9 Å². The van der Waals surface area contributed by atoms with Crippen molar-refractivity contribution in [1.82, 2.24) is 9.29 Å². The van der Waals surface area contributed by atoms with E-state index in [1.165, 1.54) is 33.9 Å². The number of pyridine rings is 1. The molecule has 1 aliphatic heterocycles. The zero-order chi connectivity index (χ0) is 22.6. The monoisotopic (exact) mass is 463 g/mol. The van der Waals surface area contributed by atoms with Crippen LogP contribution in [0, 0.1) is 0 Å². The van der Waals surface area contributed by atoms with Gasteiger partial charge in [-0.1, -0.05) is 44.7 Å². The predicted molar refractivity (Wildman–Crippen MR) is 123 cm³/mol. The molecule has 0 spiro atoms. The Morgan fingerprint density at radius 1 is 1.13 bits per heavy atom. The first-order chi connectivity index (χ1) is 14.6. The summed E-state index contributed by atoms with van der Waals surface area (Å²) in [4.78, 5) is 17.0. The normalized spacial score (nSPS) is 16.6. The van der Waals surface area contributed by atoms with E-state index in [-0.39, 0.29) is 16.2 Å². The molecule has 1 atom stereocenters. The highest BCUT2D eigenvalue weighted by Gasteiger charge is 2.26. The molecule has 1 saturated heterocycles. The third-order valence-electron chi connectivity index (χ3n) is 5.00. The van der Waals surface area contributed by atoms with E-state index in [0.717, 1.165) is 5.69 Å². The van der Waals surface area contributed by atoms with Gasteiger partial charge < -0.3 is 10.1 Å². The van der Waals surface area contributed by atoms with E-state index >= 15 is 0 Å². The van der Waals surface area contributed by atoms with Crippen LogP contribution in [-0.4, -0.2) is 55.2 Å². The van der Waals surface area contributed by atoms with Gasteiger partial charge in [0.25, 0.3) is 0 Å². The number of aromatic nitrogens is 1. The van der Waals surface area contributed by atoms with Crippen molar-refractivity contribution in [3.8, 4) is 0 Å². The Morgan fingerprint density at radius 2 is 1.77 bits per heavy atom. The standard InChI is InChI=1S/C22H29N3O4S2/c1-16(21(26)24-18-7-5-17(6-8-18)22(2,3)4)30-20-10-9-19(15-23-20)31(27,28)25-11-13-29-14-12-25/h5-10,15-16H,11-14H2,1-4H3,(H,24,26)/t16-/m0/s1. The van der Waals surface area contributed by atoms with Crippen LogP contribution < -0.4 is 5.32 Å². The van der Waals surface area contributed by atoms with Crippen molar-refractivity contribution in [1.29, 1.82) is 0 Å². The minimum Gasteiger partial charge on any atom is -0.379 e. The maximum atomic E-state index is 12.7. The average molecular weight is 464 g/mol. The highest BCUT2D eigenvalue weighted by atomic mass is 32.2. The average Bonchev–Trinajstić information content (AvgIpc) is 2.74. The molecule has 0 saturated carbocycles. The zero-order valence-corrected chi connectivity index (χ0v) is 19.9.